The van der Waals surface area contributed by atoms with Crippen LogP contribution in [0.5, 0.6) is 11.5 Å². The highest BCUT2D eigenvalue weighted by atomic mass is 19.4. The number of hydrogen-bond donors (Lipinski definition) is 0. The Morgan fingerprint density at radius 1 is 1.07 bits per heavy atom. The van der Waals surface area contributed by atoms with Gasteiger partial charge in [-0.15, -0.1) is 0 Å². The van der Waals surface area contributed by atoms with Crippen molar-refractivity contribution in [2.75, 3.05) is 13.7 Å². The summed E-state index contributed by atoms with van der Waals surface area (Å²) in [6.07, 6.45) is -1.01. The van der Waals surface area contributed by atoms with E-state index in [2.05, 4.69) is 9.99 Å². The SMILES string of the molecule is C/C=C/COc1cc(C)c(OCc2ccc(/C(=N\OC)C(F)(F)F)cc2F)c(C)c1. The van der Waals surface area contributed by atoms with Gasteiger partial charge in [0.2, 0.25) is 0 Å². The predicted molar refractivity (Wildman–Crippen MR) is 107 cm³/mol. The maximum Gasteiger partial charge on any atom is 0.437 e. The van der Waals surface area contributed by atoms with Crippen molar-refractivity contribution < 1.29 is 31.9 Å². The van der Waals surface area contributed by atoms with Crippen LogP contribution in [0, 0.1) is 19.7 Å². The molecule has 0 saturated heterocycles. The van der Waals surface area contributed by atoms with Gasteiger partial charge in [0.25, 0.3) is 0 Å². The zero-order chi connectivity index (χ0) is 22.3. The summed E-state index contributed by atoms with van der Waals surface area (Å²) < 4.78 is 64.9. The topological polar surface area (TPSA) is 40.0 Å². The second-order valence-corrected chi connectivity index (χ2v) is 6.48. The number of benzene rings is 2. The van der Waals surface area contributed by atoms with Crippen molar-refractivity contribution >= 4 is 5.71 Å². The molecule has 0 bridgehead atoms. The Labute approximate surface area is 172 Å². The van der Waals surface area contributed by atoms with E-state index in [4.69, 9.17) is 9.47 Å². The molecule has 8 heteroatoms. The monoisotopic (exact) mass is 425 g/mol. The van der Waals surface area contributed by atoms with E-state index in [1.165, 1.54) is 6.07 Å². The van der Waals surface area contributed by atoms with Crippen molar-refractivity contribution in [3.05, 3.63) is 70.6 Å². The Morgan fingerprint density at radius 2 is 1.73 bits per heavy atom. The third-order valence-electron chi connectivity index (χ3n) is 4.17. The average molecular weight is 425 g/mol. The van der Waals surface area contributed by atoms with Crippen LogP contribution in [0.2, 0.25) is 0 Å². The Balaban J connectivity index is 2.17. The number of oxime groups is 1. The molecule has 4 nitrogen and oxygen atoms in total. The van der Waals surface area contributed by atoms with Crippen molar-refractivity contribution in [2.45, 2.75) is 33.6 Å². The lowest BCUT2D eigenvalue weighted by molar-refractivity contribution is -0.0608. The summed E-state index contributed by atoms with van der Waals surface area (Å²) in [4.78, 5) is 4.23. The van der Waals surface area contributed by atoms with Gasteiger partial charge in [-0.2, -0.15) is 13.2 Å². The minimum Gasteiger partial charge on any atom is -0.490 e. The van der Waals surface area contributed by atoms with Gasteiger partial charge >= 0.3 is 6.18 Å². The number of allylic oxidation sites excluding steroid dienone is 1. The molecule has 0 radical (unpaired) electrons. The highest BCUT2D eigenvalue weighted by Crippen LogP contribution is 2.30. The van der Waals surface area contributed by atoms with Gasteiger partial charge in [-0.3, -0.25) is 0 Å². The van der Waals surface area contributed by atoms with Gasteiger partial charge in [0.1, 0.15) is 37.6 Å². The second kappa shape index (κ2) is 10.1. The second-order valence-electron chi connectivity index (χ2n) is 6.48. The van der Waals surface area contributed by atoms with E-state index in [0.29, 0.717) is 18.1 Å². The van der Waals surface area contributed by atoms with Crippen LogP contribution in [-0.2, 0) is 11.4 Å². The first-order chi connectivity index (χ1) is 14.2. The smallest absolute Gasteiger partial charge is 0.437 e. The molecule has 0 amide bonds. The first-order valence-electron chi connectivity index (χ1n) is 9.12. The standard InChI is InChI=1S/C22H23F4NO3/c1-5-6-9-29-18-10-14(2)20(15(3)11-18)30-13-17-8-7-16(12-19(17)23)21(27-28-4)22(24,25)26/h5-8,10-12H,9,13H2,1-4H3/b6-5+,27-21+. The van der Waals surface area contributed by atoms with E-state index in [1.807, 2.05) is 45.1 Å². The van der Waals surface area contributed by atoms with Crippen molar-refractivity contribution in [1.82, 2.24) is 0 Å². The quantitative estimate of drug-likeness (QED) is 0.229. The predicted octanol–water partition coefficient (Wildman–Crippen LogP) is 5.89. The minimum atomic E-state index is -4.77. The van der Waals surface area contributed by atoms with Crippen molar-refractivity contribution in [2.24, 2.45) is 5.16 Å². The molecule has 0 N–H and O–H groups in total. The molecule has 0 fully saturated rings. The Kier molecular flexibility index (Phi) is 7.86. The molecule has 0 spiro atoms. The normalized spacial score (nSPS) is 12.3. The van der Waals surface area contributed by atoms with Gasteiger partial charge in [-0.1, -0.05) is 29.4 Å². The van der Waals surface area contributed by atoms with Crippen LogP contribution in [0.3, 0.4) is 0 Å². The van der Waals surface area contributed by atoms with Crippen LogP contribution in [0.1, 0.15) is 29.2 Å². The lowest BCUT2D eigenvalue weighted by Gasteiger charge is -2.15. The lowest BCUT2D eigenvalue weighted by Crippen LogP contribution is -2.24. The third kappa shape index (κ3) is 5.98. The number of alkyl halides is 3. The van der Waals surface area contributed by atoms with E-state index >= 15 is 0 Å². The van der Waals surface area contributed by atoms with Gasteiger partial charge in [0, 0.05) is 11.1 Å². The average Bonchev–Trinajstić information content (AvgIpc) is 2.66. The van der Waals surface area contributed by atoms with Crippen LogP contribution in [-0.4, -0.2) is 25.6 Å². The molecule has 0 atom stereocenters. The van der Waals surface area contributed by atoms with Crippen LogP contribution >= 0.6 is 0 Å². The van der Waals surface area contributed by atoms with Crippen molar-refractivity contribution in [1.29, 1.82) is 0 Å². The van der Waals surface area contributed by atoms with E-state index < -0.39 is 23.3 Å². The van der Waals surface area contributed by atoms with Crippen LogP contribution in [0.15, 0.2) is 47.6 Å². The van der Waals surface area contributed by atoms with E-state index in [-0.39, 0.29) is 12.2 Å². The molecule has 30 heavy (non-hydrogen) atoms. The molecule has 0 aliphatic rings. The Hall–Kier alpha value is -3.03. The summed E-state index contributed by atoms with van der Waals surface area (Å²) in [6.45, 7) is 5.87. The summed E-state index contributed by atoms with van der Waals surface area (Å²) in [5.41, 5.74) is -0.0229. The van der Waals surface area contributed by atoms with Crippen LogP contribution in [0.25, 0.3) is 0 Å². The molecule has 0 saturated carbocycles. The number of rotatable bonds is 8. The first-order valence-corrected chi connectivity index (χ1v) is 9.12. The summed E-state index contributed by atoms with van der Waals surface area (Å²) in [6, 6.07) is 6.75. The van der Waals surface area contributed by atoms with Crippen LogP contribution in [0.4, 0.5) is 17.6 Å². The van der Waals surface area contributed by atoms with Gasteiger partial charge in [0.05, 0.1) is 0 Å². The number of halogens is 4. The molecule has 0 unspecified atom stereocenters. The molecule has 0 aromatic heterocycles. The molecule has 0 aliphatic carbocycles. The molecular weight excluding hydrogens is 402 g/mol. The number of aryl methyl sites for hydroxylation is 2. The molecular formula is C22H23F4NO3. The van der Waals surface area contributed by atoms with Gasteiger partial charge in [0.15, 0.2) is 5.71 Å². The molecule has 2 aromatic rings. The van der Waals surface area contributed by atoms with E-state index in [0.717, 1.165) is 30.4 Å². The number of nitrogens with zero attached hydrogens (tertiary/aromatic N) is 1. The lowest BCUT2D eigenvalue weighted by atomic mass is 10.1. The largest absolute Gasteiger partial charge is 0.490 e. The van der Waals surface area contributed by atoms with Crippen molar-refractivity contribution in [3.8, 4) is 11.5 Å². The maximum absolute atomic E-state index is 14.4. The van der Waals surface area contributed by atoms with E-state index in [9.17, 15) is 17.6 Å². The zero-order valence-corrected chi connectivity index (χ0v) is 17.1. The fraction of sp³-hybridized carbons (Fsp3) is 0.318. The molecule has 162 valence electrons. The fourth-order valence-electron chi connectivity index (χ4n) is 2.78. The number of hydrogen-bond acceptors (Lipinski definition) is 4. The number of ether oxygens (including phenoxy) is 2. The minimum absolute atomic E-state index is 0.116. The Bertz CT molecular complexity index is 913. The zero-order valence-electron chi connectivity index (χ0n) is 17.1. The van der Waals surface area contributed by atoms with E-state index in [1.54, 1.807) is 0 Å². The highest BCUT2D eigenvalue weighted by Gasteiger charge is 2.38. The fourth-order valence-corrected chi connectivity index (χ4v) is 2.78. The van der Waals surface area contributed by atoms with Gasteiger partial charge in [-0.05, 0) is 50.1 Å². The highest BCUT2D eigenvalue weighted by molar-refractivity contribution is 6.04. The maximum atomic E-state index is 14.4. The van der Waals surface area contributed by atoms with Gasteiger partial charge in [-0.25, -0.2) is 4.39 Å². The Morgan fingerprint density at radius 3 is 2.27 bits per heavy atom. The van der Waals surface area contributed by atoms with Gasteiger partial charge < -0.3 is 14.3 Å². The third-order valence-corrected chi connectivity index (χ3v) is 4.17. The molecule has 0 aliphatic heterocycles. The summed E-state index contributed by atoms with van der Waals surface area (Å²) in [5, 5.41) is 2.97. The summed E-state index contributed by atoms with van der Waals surface area (Å²) in [5.74, 6) is 0.416. The molecule has 2 aromatic carbocycles. The van der Waals surface area contributed by atoms with Crippen molar-refractivity contribution in [3.63, 3.8) is 0 Å². The summed E-state index contributed by atoms with van der Waals surface area (Å²) in [7, 11) is 0.992. The van der Waals surface area contributed by atoms with Crippen LogP contribution < -0.4 is 9.47 Å². The molecule has 2 rings (SSSR count). The summed E-state index contributed by atoms with van der Waals surface area (Å²) >= 11 is 0. The molecule has 0 heterocycles. The first kappa shape index (κ1) is 23.3.